The Balaban J connectivity index is 1.57. The number of benzene rings is 1. The van der Waals surface area contributed by atoms with E-state index in [4.69, 9.17) is 0 Å². The van der Waals surface area contributed by atoms with E-state index in [1.165, 1.54) is 11.1 Å². The molecule has 1 fully saturated rings. The molecule has 3 rings (SSSR count). The van der Waals surface area contributed by atoms with Gasteiger partial charge in [-0.3, -0.25) is 0 Å². The lowest BCUT2D eigenvalue weighted by Gasteiger charge is -2.20. The van der Waals surface area contributed by atoms with Crippen LogP contribution >= 0.6 is 0 Å². The number of alkyl halides is 1. The van der Waals surface area contributed by atoms with Crippen LogP contribution < -0.4 is 0 Å². The molecule has 148 valence electrons. The maximum atomic E-state index is 14.4. The number of aliphatic hydroxyl groups is 2. The summed E-state index contributed by atoms with van der Waals surface area (Å²) >= 11 is 0. The fourth-order valence-corrected chi connectivity index (χ4v) is 4.59. The fraction of sp³-hybridized carbons (Fsp3) is 0.583. The number of aliphatic hydroxyl groups excluding tert-OH is 2. The van der Waals surface area contributed by atoms with Crippen molar-refractivity contribution >= 4 is 0 Å². The molecule has 0 unspecified atom stereocenters. The molecule has 0 heterocycles. The SMILES string of the molecule is CCCC/C=C\C[C@@H]1[C@@H](/C=C/[C@H](O)C2Cc3ccccc3C2)[C@@H](F)C[C@@H]1O. The highest BCUT2D eigenvalue weighted by Crippen LogP contribution is 2.38. The highest BCUT2D eigenvalue weighted by atomic mass is 19.1. The molecular formula is C24H33FO2. The van der Waals surface area contributed by atoms with E-state index in [9.17, 15) is 14.6 Å². The number of rotatable bonds is 8. The van der Waals surface area contributed by atoms with Gasteiger partial charge in [0.15, 0.2) is 0 Å². The van der Waals surface area contributed by atoms with Crippen molar-refractivity contribution in [1.82, 2.24) is 0 Å². The van der Waals surface area contributed by atoms with E-state index in [2.05, 4.69) is 31.2 Å². The van der Waals surface area contributed by atoms with Crippen LogP contribution in [0, 0.1) is 17.8 Å². The second-order valence-corrected chi connectivity index (χ2v) is 8.22. The Morgan fingerprint density at radius 1 is 1.19 bits per heavy atom. The van der Waals surface area contributed by atoms with Crippen molar-refractivity contribution in [3.05, 3.63) is 59.7 Å². The van der Waals surface area contributed by atoms with Crippen molar-refractivity contribution < 1.29 is 14.6 Å². The standard InChI is InChI=1S/C24H33FO2/c1-2-3-4-5-6-11-21-20(22(25)16-24(21)27)12-13-23(26)19-14-17-9-7-8-10-18(17)15-19/h5-10,12-13,19-24,26-27H,2-4,11,14-16H2,1H3/b6-5-,13-12+/t20-,21-,22+,23+,24+/m1/s1. The minimum absolute atomic E-state index is 0.0953. The predicted octanol–water partition coefficient (Wildman–Crippen LogP) is 4.79. The maximum Gasteiger partial charge on any atom is 0.109 e. The minimum atomic E-state index is -1.03. The first-order chi connectivity index (χ1) is 13.1. The number of fused-ring (bicyclic) bond motifs is 1. The zero-order chi connectivity index (χ0) is 19.2. The molecule has 1 aromatic rings. The third-order valence-electron chi connectivity index (χ3n) is 6.27. The van der Waals surface area contributed by atoms with Crippen LogP contribution in [0.5, 0.6) is 0 Å². The molecule has 3 heteroatoms. The number of hydrogen-bond acceptors (Lipinski definition) is 2. The summed E-state index contributed by atoms with van der Waals surface area (Å²) in [5, 5.41) is 20.9. The van der Waals surface area contributed by atoms with Crippen molar-refractivity contribution in [2.75, 3.05) is 0 Å². The van der Waals surface area contributed by atoms with Gasteiger partial charge in [-0.05, 0) is 48.6 Å². The second kappa shape index (κ2) is 9.66. The third-order valence-corrected chi connectivity index (χ3v) is 6.27. The van der Waals surface area contributed by atoms with Gasteiger partial charge in [-0.2, -0.15) is 0 Å². The summed E-state index contributed by atoms with van der Waals surface area (Å²) in [6.07, 6.45) is 11.7. The molecule has 0 radical (unpaired) electrons. The number of unbranched alkanes of at least 4 members (excludes halogenated alkanes) is 2. The second-order valence-electron chi connectivity index (χ2n) is 8.22. The molecule has 0 aliphatic heterocycles. The van der Waals surface area contributed by atoms with Crippen molar-refractivity contribution in [3.63, 3.8) is 0 Å². The molecule has 0 aromatic heterocycles. The predicted molar refractivity (Wildman–Crippen MR) is 108 cm³/mol. The molecule has 0 amide bonds. The van der Waals surface area contributed by atoms with Crippen LogP contribution in [0.3, 0.4) is 0 Å². The van der Waals surface area contributed by atoms with Gasteiger partial charge in [0.05, 0.1) is 12.2 Å². The molecule has 2 nitrogen and oxygen atoms in total. The van der Waals surface area contributed by atoms with Crippen molar-refractivity contribution in [2.45, 2.75) is 70.2 Å². The Morgan fingerprint density at radius 3 is 2.56 bits per heavy atom. The summed E-state index contributed by atoms with van der Waals surface area (Å²) in [6, 6.07) is 8.32. The van der Waals surface area contributed by atoms with Crippen molar-refractivity contribution in [3.8, 4) is 0 Å². The lowest BCUT2D eigenvalue weighted by Crippen LogP contribution is -2.21. The van der Waals surface area contributed by atoms with E-state index in [0.717, 1.165) is 32.1 Å². The monoisotopic (exact) mass is 372 g/mol. The Kier molecular flexibility index (Phi) is 7.26. The number of halogens is 1. The molecular weight excluding hydrogens is 339 g/mol. The van der Waals surface area contributed by atoms with E-state index in [1.807, 2.05) is 18.2 Å². The average molecular weight is 373 g/mol. The molecule has 1 aromatic carbocycles. The van der Waals surface area contributed by atoms with Crippen LogP contribution in [0.4, 0.5) is 4.39 Å². The van der Waals surface area contributed by atoms with Gasteiger partial charge in [0.2, 0.25) is 0 Å². The lowest BCUT2D eigenvalue weighted by molar-refractivity contribution is 0.124. The van der Waals surface area contributed by atoms with Crippen molar-refractivity contribution in [1.29, 1.82) is 0 Å². The summed E-state index contributed by atoms with van der Waals surface area (Å²) in [4.78, 5) is 0. The summed E-state index contributed by atoms with van der Waals surface area (Å²) in [6.45, 7) is 2.16. The van der Waals surface area contributed by atoms with Gasteiger partial charge in [0.1, 0.15) is 6.17 Å². The van der Waals surface area contributed by atoms with Crippen LogP contribution in [-0.4, -0.2) is 28.6 Å². The van der Waals surface area contributed by atoms with E-state index >= 15 is 0 Å². The smallest absolute Gasteiger partial charge is 0.109 e. The average Bonchev–Trinajstić information content (AvgIpc) is 3.20. The summed E-state index contributed by atoms with van der Waals surface area (Å²) in [7, 11) is 0. The lowest BCUT2D eigenvalue weighted by atomic mass is 9.89. The summed E-state index contributed by atoms with van der Waals surface area (Å²) in [5.74, 6) is -0.244. The maximum absolute atomic E-state index is 14.4. The molecule has 0 spiro atoms. The van der Waals surface area contributed by atoms with Gasteiger partial charge in [0, 0.05) is 12.3 Å². The summed E-state index contributed by atoms with van der Waals surface area (Å²) in [5.41, 5.74) is 2.62. The highest BCUT2D eigenvalue weighted by Gasteiger charge is 2.40. The normalized spacial score (nSPS) is 29.8. The third kappa shape index (κ3) is 5.08. The Labute approximate surface area is 162 Å². The Morgan fingerprint density at radius 2 is 1.89 bits per heavy atom. The molecule has 2 N–H and O–H groups in total. The van der Waals surface area contributed by atoms with Crippen LogP contribution in [-0.2, 0) is 12.8 Å². The van der Waals surface area contributed by atoms with E-state index in [-0.39, 0.29) is 24.2 Å². The largest absolute Gasteiger partial charge is 0.393 e. The molecule has 5 atom stereocenters. The zero-order valence-electron chi connectivity index (χ0n) is 16.3. The molecule has 0 bridgehead atoms. The summed E-state index contributed by atoms with van der Waals surface area (Å²) < 4.78 is 14.4. The van der Waals surface area contributed by atoms with Crippen LogP contribution in [0.15, 0.2) is 48.6 Å². The van der Waals surface area contributed by atoms with Crippen LogP contribution in [0.1, 0.15) is 50.2 Å². The van der Waals surface area contributed by atoms with E-state index in [1.54, 1.807) is 6.08 Å². The fourth-order valence-electron chi connectivity index (χ4n) is 4.59. The van der Waals surface area contributed by atoms with Gasteiger partial charge < -0.3 is 10.2 Å². The quantitative estimate of drug-likeness (QED) is 0.509. The van der Waals surface area contributed by atoms with Gasteiger partial charge >= 0.3 is 0 Å². The molecule has 1 saturated carbocycles. The van der Waals surface area contributed by atoms with Gasteiger partial charge in [-0.15, -0.1) is 0 Å². The number of allylic oxidation sites excluding steroid dienone is 3. The molecule has 27 heavy (non-hydrogen) atoms. The Hall–Kier alpha value is -1.45. The van der Waals surface area contributed by atoms with Gasteiger partial charge in [0.25, 0.3) is 0 Å². The van der Waals surface area contributed by atoms with Crippen molar-refractivity contribution in [2.24, 2.45) is 17.8 Å². The van der Waals surface area contributed by atoms with E-state index in [0.29, 0.717) is 6.42 Å². The topological polar surface area (TPSA) is 40.5 Å². The van der Waals surface area contributed by atoms with Gasteiger partial charge in [-0.1, -0.05) is 68.3 Å². The van der Waals surface area contributed by atoms with Gasteiger partial charge in [-0.25, -0.2) is 4.39 Å². The highest BCUT2D eigenvalue weighted by molar-refractivity contribution is 5.33. The first-order valence-corrected chi connectivity index (χ1v) is 10.5. The molecule has 2 aliphatic carbocycles. The van der Waals surface area contributed by atoms with Crippen LogP contribution in [0.2, 0.25) is 0 Å². The Bertz CT molecular complexity index is 629. The minimum Gasteiger partial charge on any atom is -0.393 e. The molecule has 2 aliphatic rings. The first-order valence-electron chi connectivity index (χ1n) is 10.5. The zero-order valence-corrected chi connectivity index (χ0v) is 16.3. The van der Waals surface area contributed by atoms with Crippen LogP contribution in [0.25, 0.3) is 0 Å². The molecule has 0 saturated heterocycles. The van der Waals surface area contributed by atoms with E-state index < -0.39 is 18.4 Å². The number of hydrogen-bond donors (Lipinski definition) is 2. The first kappa shape index (κ1) is 20.3.